The molecule has 0 atom stereocenters. The fraction of sp³-hybridized carbons (Fsp3) is 0.529. The van der Waals surface area contributed by atoms with Crippen LogP contribution in [0.5, 0.6) is 0 Å². The number of rotatable bonds is 4. The zero-order chi connectivity index (χ0) is 18.8. The number of hydrogen-bond donors (Lipinski definition) is 2. The Morgan fingerprint density at radius 1 is 1.20 bits per heavy atom. The van der Waals surface area contributed by atoms with Gasteiger partial charge in [0.2, 0.25) is 5.91 Å². The van der Waals surface area contributed by atoms with Crippen LogP contribution in [0.2, 0.25) is 0 Å². The summed E-state index contributed by atoms with van der Waals surface area (Å²) in [6.45, 7) is 7.63. The highest BCUT2D eigenvalue weighted by molar-refractivity contribution is 14.1. The van der Waals surface area contributed by atoms with Crippen molar-refractivity contribution >= 4 is 85.3 Å². The number of hydrogen-bond acceptors (Lipinski definition) is 3. The van der Waals surface area contributed by atoms with Gasteiger partial charge < -0.3 is 15.4 Å². The number of quaternary nitrogens is 1. The summed E-state index contributed by atoms with van der Waals surface area (Å²) in [4.78, 5) is 24.4. The van der Waals surface area contributed by atoms with Gasteiger partial charge >= 0.3 is 5.97 Å². The first-order valence-electron chi connectivity index (χ1n) is 8.13. The van der Waals surface area contributed by atoms with Crippen molar-refractivity contribution in [3.63, 3.8) is 0 Å². The number of piperidine rings is 1. The maximum atomic E-state index is 12.9. The molecule has 0 aromatic heterocycles. The number of nitrogens with two attached hydrogens (primary N) is 1. The van der Waals surface area contributed by atoms with Crippen molar-refractivity contribution in [1.82, 2.24) is 0 Å². The van der Waals surface area contributed by atoms with Crippen molar-refractivity contribution in [3.8, 4) is 0 Å². The molecule has 25 heavy (non-hydrogen) atoms. The van der Waals surface area contributed by atoms with Gasteiger partial charge in [0, 0.05) is 32.8 Å². The Hall–Kier alpha value is 0.310. The van der Waals surface area contributed by atoms with Gasteiger partial charge in [-0.3, -0.25) is 4.79 Å². The van der Waals surface area contributed by atoms with Crippen LogP contribution in [0.15, 0.2) is 6.07 Å². The van der Waals surface area contributed by atoms with Crippen LogP contribution in [0.25, 0.3) is 0 Å². The Kier molecular flexibility index (Phi) is 7.78. The van der Waals surface area contributed by atoms with Crippen molar-refractivity contribution in [2.75, 3.05) is 18.4 Å². The Labute approximate surface area is 189 Å². The van der Waals surface area contributed by atoms with Gasteiger partial charge in [-0.05, 0) is 87.7 Å². The van der Waals surface area contributed by atoms with Crippen LogP contribution in [-0.4, -0.2) is 30.6 Å². The highest BCUT2D eigenvalue weighted by atomic mass is 127. The lowest BCUT2D eigenvalue weighted by Gasteiger charge is -2.35. The molecule has 0 aliphatic carbocycles. The largest absolute Gasteiger partial charge is 0.456 e. The number of halogens is 3. The molecule has 1 aliphatic rings. The molecular formula is C17H22I3N2O3+. The summed E-state index contributed by atoms with van der Waals surface area (Å²) in [5.41, 5.74) is 0.696. The summed E-state index contributed by atoms with van der Waals surface area (Å²) in [7, 11) is 0. The van der Waals surface area contributed by atoms with E-state index in [0.29, 0.717) is 17.2 Å². The van der Waals surface area contributed by atoms with E-state index in [-0.39, 0.29) is 11.9 Å². The van der Waals surface area contributed by atoms with E-state index in [1.807, 2.05) is 19.9 Å². The highest BCUT2D eigenvalue weighted by Crippen LogP contribution is 2.34. The third-order valence-electron chi connectivity index (χ3n) is 4.45. The molecule has 0 unspecified atom stereocenters. The first kappa shape index (κ1) is 21.6. The quantitative estimate of drug-likeness (QED) is 0.378. The molecule has 0 saturated carbocycles. The predicted molar refractivity (Wildman–Crippen MR) is 123 cm³/mol. The van der Waals surface area contributed by atoms with E-state index in [0.717, 1.165) is 36.6 Å². The summed E-state index contributed by atoms with van der Waals surface area (Å²) >= 11 is 6.44. The monoisotopic (exact) mass is 683 g/mol. The van der Waals surface area contributed by atoms with E-state index in [2.05, 4.69) is 78.4 Å². The molecule has 0 spiro atoms. The second-order valence-electron chi connectivity index (χ2n) is 6.72. The SMILES string of the molecule is CC(=O)Nc1c(I)cc(I)c(C(=O)OC(C)(C)C2CC[NH2+]CC2)c1I. The maximum absolute atomic E-state index is 12.9. The van der Waals surface area contributed by atoms with Crippen LogP contribution in [0.4, 0.5) is 5.69 Å². The van der Waals surface area contributed by atoms with Crippen LogP contribution in [0, 0.1) is 16.6 Å². The van der Waals surface area contributed by atoms with E-state index in [9.17, 15) is 9.59 Å². The molecular weight excluding hydrogens is 661 g/mol. The molecule has 1 amide bonds. The topological polar surface area (TPSA) is 72.0 Å². The second-order valence-corrected chi connectivity index (χ2v) is 10.1. The molecule has 2 rings (SSSR count). The number of benzene rings is 1. The van der Waals surface area contributed by atoms with Crippen LogP contribution in [-0.2, 0) is 9.53 Å². The number of carbonyl (C=O) groups is 2. The zero-order valence-electron chi connectivity index (χ0n) is 14.4. The van der Waals surface area contributed by atoms with Crippen LogP contribution in [0.1, 0.15) is 44.0 Å². The number of nitrogens with one attached hydrogen (secondary N) is 1. The highest BCUT2D eigenvalue weighted by Gasteiger charge is 2.36. The van der Waals surface area contributed by atoms with Crippen molar-refractivity contribution in [1.29, 1.82) is 0 Å². The molecule has 1 saturated heterocycles. The fourth-order valence-electron chi connectivity index (χ4n) is 3.06. The normalized spacial score (nSPS) is 15.8. The predicted octanol–water partition coefficient (Wildman–Crippen LogP) is 3.37. The molecule has 1 aliphatic heterocycles. The maximum Gasteiger partial charge on any atom is 0.340 e. The minimum absolute atomic E-state index is 0.157. The summed E-state index contributed by atoms with van der Waals surface area (Å²) in [6, 6.07) is 1.90. The van der Waals surface area contributed by atoms with Crippen molar-refractivity contribution < 1.29 is 19.6 Å². The molecule has 0 radical (unpaired) electrons. The van der Waals surface area contributed by atoms with Crippen molar-refractivity contribution in [2.45, 2.75) is 39.2 Å². The lowest BCUT2D eigenvalue weighted by molar-refractivity contribution is -0.665. The lowest BCUT2D eigenvalue weighted by Crippen LogP contribution is -2.86. The smallest absolute Gasteiger partial charge is 0.340 e. The first-order chi connectivity index (χ1) is 11.6. The van der Waals surface area contributed by atoms with E-state index < -0.39 is 5.60 Å². The summed E-state index contributed by atoms with van der Waals surface area (Å²) in [5, 5.41) is 5.13. The van der Waals surface area contributed by atoms with Gasteiger partial charge in [-0.25, -0.2) is 4.79 Å². The lowest BCUT2D eigenvalue weighted by atomic mass is 9.83. The molecule has 1 aromatic rings. The van der Waals surface area contributed by atoms with Crippen molar-refractivity contribution in [3.05, 3.63) is 22.3 Å². The van der Waals surface area contributed by atoms with Gasteiger partial charge in [0.25, 0.3) is 0 Å². The van der Waals surface area contributed by atoms with E-state index in [1.54, 1.807) is 0 Å². The summed E-state index contributed by atoms with van der Waals surface area (Å²) in [5.74, 6) is -0.109. The van der Waals surface area contributed by atoms with E-state index in [1.165, 1.54) is 6.92 Å². The Morgan fingerprint density at radius 2 is 1.80 bits per heavy atom. The third-order valence-corrected chi connectivity index (χ3v) is 7.23. The minimum atomic E-state index is -0.505. The molecule has 138 valence electrons. The number of anilines is 1. The van der Waals surface area contributed by atoms with Crippen LogP contribution in [0.3, 0.4) is 0 Å². The molecule has 1 heterocycles. The molecule has 0 bridgehead atoms. The van der Waals surface area contributed by atoms with Crippen LogP contribution >= 0.6 is 67.8 Å². The van der Waals surface area contributed by atoms with Crippen molar-refractivity contribution in [2.24, 2.45) is 5.92 Å². The fourth-order valence-corrected chi connectivity index (χ4v) is 7.14. The standard InChI is InChI=1S/C17H21I3N2O3/c1-9(23)22-15-12(19)8-11(18)13(14(15)20)16(24)25-17(2,3)10-4-6-21-7-5-10/h8,10,21H,4-7H2,1-3H3,(H,22,23)/p+1. The van der Waals surface area contributed by atoms with Gasteiger partial charge in [0.05, 0.1) is 27.9 Å². The van der Waals surface area contributed by atoms with E-state index in [4.69, 9.17) is 4.74 Å². The van der Waals surface area contributed by atoms with Crippen LogP contribution < -0.4 is 10.6 Å². The molecule has 3 N–H and O–H groups in total. The van der Waals surface area contributed by atoms with Gasteiger partial charge in [-0.1, -0.05) is 0 Å². The number of ether oxygens (including phenoxy) is 1. The average Bonchev–Trinajstić information content (AvgIpc) is 2.51. The second kappa shape index (κ2) is 9.00. The number of esters is 1. The molecule has 1 fully saturated rings. The molecule has 1 aromatic carbocycles. The van der Waals surface area contributed by atoms with Gasteiger partial charge in [-0.2, -0.15) is 0 Å². The Balaban J connectivity index is 2.30. The summed E-state index contributed by atoms with van der Waals surface area (Å²) in [6.07, 6.45) is 2.11. The third kappa shape index (κ3) is 5.41. The Bertz CT molecular complexity index is 686. The molecule has 8 heteroatoms. The van der Waals surface area contributed by atoms with Gasteiger partial charge in [-0.15, -0.1) is 0 Å². The first-order valence-corrected chi connectivity index (χ1v) is 11.4. The minimum Gasteiger partial charge on any atom is -0.456 e. The zero-order valence-corrected chi connectivity index (χ0v) is 20.9. The number of amides is 1. The molecule has 5 nitrogen and oxygen atoms in total. The number of carbonyl (C=O) groups excluding carboxylic acids is 2. The Morgan fingerprint density at radius 3 is 2.36 bits per heavy atom. The van der Waals surface area contributed by atoms with E-state index >= 15 is 0 Å². The average molecular weight is 683 g/mol. The summed E-state index contributed by atoms with van der Waals surface area (Å²) < 4.78 is 8.41. The van der Waals surface area contributed by atoms with Gasteiger partial charge in [0.15, 0.2) is 0 Å². The van der Waals surface area contributed by atoms with Gasteiger partial charge in [0.1, 0.15) is 5.60 Å².